The molecule has 0 unspecified atom stereocenters. The molecule has 1 N–H and O–H groups in total. The number of hydrogen-bond donors (Lipinski definition) is 1. The maximum Gasteiger partial charge on any atom is 0.223 e. The van der Waals surface area contributed by atoms with E-state index in [2.05, 4.69) is 4.90 Å². The summed E-state index contributed by atoms with van der Waals surface area (Å²) in [6, 6.07) is 0. The zero-order valence-corrected chi connectivity index (χ0v) is 9.90. The summed E-state index contributed by atoms with van der Waals surface area (Å²) in [6.07, 6.45) is 4.51. The van der Waals surface area contributed by atoms with Gasteiger partial charge in [0.15, 0.2) is 0 Å². The molecular formula is C12H22N2O2. The SMILES string of the molecule is O=C(CCN1CCCC1)N1CCC(O)CC1. The Morgan fingerprint density at radius 1 is 1.12 bits per heavy atom. The van der Waals surface area contributed by atoms with E-state index in [1.54, 1.807) is 0 Å². The molecule has 2 aliphatic heterocycles. The summed E-state index contributed by atoms with van der Waals surface area (Å²) < 4.78 is 0. The Bertz CT molecular complexity index is 231. The maximum absolute atomic E-state index is 11.9. The lowest BCUT2D eigenvalue weighted by atomic mass is 10.1. The molecule has 0 bridgehead atoms. The lowest BCUT2D eigenvalue weighted by Crippen LogP contribution is -2.41. The average Bonchev–Trinajstić information content (AvgIpc) is 2.80. The van der Waals surface area contributed by atoms with Crippen LogP contribution in [0.25, 0.3) is 0 Å². The Hall–Kier alpha value is -0.610. The number of amides is 1. The second-order valence-electron chi connectivity index (χ2n) is 4.91. The zero-order valence-electron chi connectivity index (χ0n) is 9.90. The second kappa shape index (κ2) is 5.64. The Balaban J connectivity index is 1.67. The number of hydrogen-bond acceptors (Lipinski definition) is 3. The van der Waals surface area contributed by atoms with Crippen molar-refractivity contribution in [2.24, 2.45) is 0 Å². The minimum absolute atomic E-state index is 0.192. The molecule has 0 aliphatic carbocycles. The number of aliphatic hydroxyl groups excluding tert-OH is 1. The Morgan fingerprint density at radius 2 is 1.75 bits per heavy atom. The van der Waals surface area contributed by atoms with Gasteiger partial charge in [-0.25, -0.2) is 0 Å². The highest BCUT2D eigenvalue weighted by molar-refractivity contribution is 5.76. The molecule has 16 heavy (non-hydrogen) atoms. The van der Waals surface area contributed by atoms with E-state index >= 15 is 0 Å². The van der Waals surface area contributed by atoms with Crippen LogP contribution in [0.4, 0.5) is 0 Å². The first kappa shape index (κ1) is 11.9. The minimum Gasteiger partial charge on any atom is -0.393 e. The van der Waals surface area contributed by atoms with Crippen molar-refractivity contribution >= 4 is 5.91 Å². The summed E-state index contributed by atoms with van der Waals surface area (Å²) in [6.45, 7) is 4.70. The van der Waals surface area contributed by atoms with Crippen molar-refractivity contribution in [1.82, 2.24) is 9.80 Å². The third kappa shape index (κ3) is 3.19. The topological polar surface area (TPSA) is 43.8 Å². The van der Waals surface area contributed by atoms with E-state index < -0.39 is 0 Å². The van der Waals surface area contributed by atoms with Crippen molar-refractivity contribution in [2.75, 3.05) is 32.7 Å². The van der Waals surface area contributed by atoms with Gasteiger partial charge in [0.05, 0.1) is 6.10 Å². The van der Waals surface area contributed by atoms with Gasteiger partial charge in [-0.05, 0) is 38.8 Å². The van der Waals surface area contributed by atoms with E-state index in [1.807, 2.05) is 4.90 Å². The van der Waals surface area contributed by atoms with Crippen molar-refractivity contribution in [1.29, 1.82) is 0 Å². The Kier molecular flexibility index (Phi) is 4.18. The summed E-state index contributed by atoms with van der Waals surface area (Å²) >= 11 is 0. The third-order valence-corrected chi connectivity index (χ3v) is 3.66. The number of piperidine rings is 1. The summed E-state index contributed by atoms with van der Waals surface area (Å²) in [4.78, 5) is 16.2. The van der Waals surface area contributed by atoms with Gasteiger partial charge in [0, 0.05) is 26.1 Å². The molecule has 0 aromatic rings. The highest BCUT2D eigenvalue weighted by Crippen LogP contribution is 2.12. The van der Waals surface area contributed by atoms with Crippen molar-refractivity contribution in [3.8, 4) is 0 Å². The van der Waals surface area contributed by atoms with Crippen LogP contribution in [0.5, 0.6) is 0 Å². The van der Waals surface area contributed by atoms with Gasteiger partial charge in [-0.15, -0.1) is 0 Å². The molecule has 2 heterocycles. The smallest absolute Gasteiger partial charge is 0.223 e. The fourth-order valence-electron chi connectivity index (χ4n) is 2.53. The summed E-state index contributed by atoms with van der Waals surface area (Å²) in [7, 11) is 0. The molecule has 0 aromatic heterocycles. The van der Waals surface area contributed by atoms with Gasteiger partial charge in [0.25, 0.3) is 0 Å². The Morgan fingerprint density at radius 3 is 2.38 bits per heavy atom. The molecular weight excluding hydrogens is 204 g/mol. The van der Waals surface area contributed by atoms with Gasteiger partial charge in [-0.1, -0.05) is 0 Å². The molecule has 0 spiro atoms. The maximum atomic E-state index is 11.9. The van der Waals surface area contributed by atoms with Gasteiger partial charge < -0.3 is 14.9 Å². The van der Waals surface area contributed by atoms with Crippen LogP contribution in [-0.4, -0.2) is 59.6 Å². The third-order valence-electron chi connectivity index (χ3n) is 3.66. The van der Waals surface area contributed by atoms with Crippen LogP contribution >= 0.6 is 0 Å². The molecule has 2 saturated heterocycles. The fraction of sp³-hybridized carbons (Fsp3) is 0.917. The van der Waals surface area contributed by atoms with Gasteiger partial charge >= 0.3 is 0 Å². The van der Waals surface area contributed by atoms with E-state index in [0.29, 0.717) is 6.42 Å². The van der Waals surface area contributed by atoms with Crippen LogP contribution in [0.1, 0.15) is 32.1 Å². The van der Waals surface area contributed by atoms with Crippen LogP contribution < -0.4 is 0 Å². The van der Waals surface area contributed by atoms with Gasteiger partial charge in [0.1, 0.15) is 0 Å². The number of nitrogens with zero attached hydrogens (tertiary/aromatic N) is 2. The molecule has 2 rings (SSSR count). The first-order valence-electron chi connectivity index (χ1n) is 6.44. The zero-order chi connectivity index (χ0) is 11.4. The van der Waals surface area contributed by atoms with Gasteiger partial charge in [-0.3, -0.25) is 4.79 Å². The quantitative estimate of drug-likeness (QED) is 0.760. The summed E-state index contributed by atoms with van der Waals surface area (Å²) in [5.41, 5.74) is 0. The molecule has 0 aromatic carbocycles. The molecule has 4 heteroatoms. The predicted octanol–water partition coefficient (Wildman–Crippen LogP) is 0.456. The highest BCUT2D eigenvalue weighted by Gasteiger charge is 2.21. The normalized spacial score (nSPS) is 23.9. The molecule has 92 valence electrons. The second-order valence-corrected chi connectivity index (χ2v) is 4.91. The monoisotopic (exact) mass is 226 g/mol. The van der Waals surface area contributed by atoms with E-state index in [9.17, 15) is 9.90 Å². The first-order valence-corrected chi connectivity index (χ1v) is 6.44. The molecule has 0 radical (unpaired) electrons. The number of carbonyl (C=O) groups excluding carboxylic acids is 1. The van der Waals surface area contributed by atoms with Crippen LogP contribution in [0.3, 0.4) is 0 Å². The Labute approximate surface area is 97.2 Å². The predicted molar refractivity (Wildman–Crippen MR) is 62.1 cm³/mol. The van der Waals surface area contributed by atoms with Crippen LogP contribution in [0.15, 0.2) is 0 Å². The fourth-order valence-corrected chi connectivity index (χ4v) is 2.53. The number of aliphatic hydroxyl groups is 1. The van der Waals surface area contributed by atoms with Crippen molar-refractivity contribution in [3.05, 3.63) is 0 Å². The van der Waals surface area contributed by atoms with Crippen molar-refractivity contribution < 1.29 is 9.90 Å². The molecule has 2 aliphatic rings. The lowest BCUT2D eigenvalue weighted by Gasteiger charge is -2.30. The van der Waals surface area contributed by atoms with Crippen molar-refractivity contribution in [3.63, 3.8) is 0 Å². The van der Waals surface area contributed by atoms with Crippen molar-refractivity contribution in [2.45, 2.75) is 38.2 Å². The number of likely N-dealkylation sites (tertiary alicyclic amines) is 2. The average molecular weight is 226 g/mol. The van der Waals surface area contributed by atoms with E-state index in [4.69, 9.17) is 0 Å². The lowest BCUT2D eigenvalue weighted by molar-refractivity contribution is -0.133. The minimum atomic E-state index is -0.192. The highest BCUT2D eigenvalue weighted by atomic mass is 16.3. The number of rotatable bonds is 3. The standard InChI is InChI=1S/C12H22N2O2/c15-11-3-9-14(10-4-11)12(16)5-8-13-6-1-2-7-13/h11,15H,1-10H2. The van der Waals surface area contributed by atoms with Crippen LogP contribution in [0, 0.1) is 0 Å². The largest absolute Gasteiger partial charge is 0.393 e. The molecule has 0 atom stereocenters. The van der Waals surface area contributed by atoms with Crippen LogP contribution in [0.2, 0.25) is 0 Å². The first-order chi connectivity index (χ1) is 7.75. The van der Waals surface area contributed by atoms with E-state index in [-0.39, 0.29) is 12.0 Å². The molecule has 0 saturated carbocycles. The van der Waals surface area contributed by atoms with Gasteiger partial charge in [0.2, 0.25) is 5.91 Å². The molecule has 2 fully saturated rings. The van der Waals surface area contributed by atoms with E-state index in [0.717, 1.165) is 45.6 Å². The summed E-state index contributed by atoms with van der Waals surface area (Å²) in [5.74, 6) is 0.263. The van der Waals surface area contributed by atoms with E-state index in [1.165, 1.54) is 12.8 Å². The molecule has 4 nitrogen and oxygen atoms in total. The van der Waals surface area contributed by atoms with Gasteiger partial charge in [-0.2, -0.15) is 0 Å². The number of carbonyl (C=O) groups is 1. The summed E-state index contributed by atoms with van der Waals surface area (Å²) in [5, 5.41) is 9.37. The van der Waals surface area contributed by atoms with Crippen LogP contribution in [-0.2, 0) is 4.79 Å². The molecule has 1 amide bonds.